The average Bonchev–Trinajstić information content (AvgIpc) is 3.04. The summed E-state index contributed by atoms with van der Waals surface area (Å²) in [5.41, 5.74) is 2.92. The number of nitrogens with zero attached hydrogens (tertiary/aromatic N) is 4. The van der Waals surface area contributed by atoms with Crippen LogP contribution in [0, 0.1) is 5.82 Å². The third-order valence-electron chi connectivity index (χ3n) is 4.13. The number of benzene rings is 1. The summed E-state index contributed by atoms with van der Waals surface area (Å²) >= 11 is 0. The maximum atomic E-state index is 13.2. The van der Waals surface area contributed by atoms with Gasteiger partial charge in [-0.05, 0) is 38.2 Å². The Labute approximate surface area is 141 Å². The van der Waals surface area contributed by atoms with Crippen LogP contribution in [-0.4, -0.2) is 40.1 Å². The van der Waals surface area contributed by atoms with Crippen LogP contribution in [0.3, 0.4) is 0 Å². The van der Waals surface area contributed by atoms with E-state index in [4.69, 9.17) is 0 Å². The van der Waals surface area contributed by atoms with Crippen molar-refractivity contribution in [2.45, 2.75) is 19.4 Å². The van der Waals surface area contributed by atoms with Crippen molar-refractivity contribution in [2.75, 3.05) is 26.0 Å². The Hall–Kier alpha value is -2.47. The number of aryl methyl sites for hydroxylation is 1. The van der Waals surface area contributed by atoms with E-state index in [-0.39, 0.29) is 11.9 Å². The summed E-state index contributed by atoms with van der Waals surface area (Å²) in [4.78, 5) is 6.67. The molecule has 0 aliphatic heterocycles. The zero-order valence-corrected chi connectivity index (χ0v) is 14.2. The molecule has 0 aliphatic rings. The number of aromatic nitrogens is 3. The molecule has 0 bridgehead atoms. The molecule has 126 valence electrons. The average molecular weight is 327 g/mol. The van der Waals surface area contributed by atoms with Gasteiger partial charge >= 0.3 is 0 Å². The van der Waals surface area contributed by atoms with E-state index in [0.29, 0.717) is 6.54 Å². The number of likely N-dealkylation sites (N-methyl/N-ethyl adjacent to an activating group) is 1. The zero-order chi connectivity index (χ0) is 17.1. The van der Waals surface area contributed by atoms with E-state index in [1.54, 1.807) is 10.7 Å². The van der Waals surface area contributed by atoms with Gasteiger partial charge in [0.1, 0.15) is 11.6 Å². The van der Waals surface area contributed by atoms with Crippen molar-refractivity contribution in [3.63, 3.8) is 0 Å². The number of halogens is 1. The van der Waals surface area contributed by atoms with Crippen LogP contribution in [-0.2, 0) is 6.42 Å². The second kappa shape index (κ2) is 6.97. The molecule has 0 amide bonds. The van der Waals surface area contributed by atoms with Crippen molar-refractivity contribution in [3.05, 3.63) is 59.7 Å². The predicted molar refractivity (Wildman–Crippen MR) is 93.7 cm³/mol. The highest BCUT2D eigenvalue weighted by molar-refractivity contribution is 5.49. The molecule has 2 heterocycles. The second-order valence-electron chi connectivity index (χ2n) is 6.00. The molecule has 0 saturated carbocycles. The molecule has 0 fully saturated rings. The number of rotatable bonds is 6. The summed E-state index contributed by atoms with van der Waals surface area (Å²) in [6.07, 6.45) is 2.61. The molecule has 1 aromatic carbocycles. The Bertz CT molecular complexity index is 810. The summed E-state index contributed by atoms with van der Waals surface area (Å²) in [5, 5.41) is 7.80. The van der Waals surface area contributed by atoms with Crippen LogP contribution in [0.1, 0.15) is 24.2 Å². The molecule has 1 unspecified atom stereocenters. The fourth-order valence-corrected chi connectivity index (χ4v) is 2.76. The van der Waals surface area contributed by atoms with Gasteiger partial charge < -0.3 is 10.2 Å². The number of hydrogen-bond acceptors (Lipinski definition) is 4. The SMILES string of the molecule is CCc1cc(NCC(c2ccc(F)cc2)N(C)C)n2nccc2n1. The first kappa shape index (κ1) is 16.4. The highest BCUT2D eigenvalue weighted by atomic mass is 19.1. The topological polar surface area (TPSA) is 45.5 Å². The van der Waals surface area contributed by atoms with Crippen molar-refractivity contribution < 1.29 is 4.39 Å². The lowest BCUT2D eigenvalue weighted by atomic mass is 10.1. The molecule has 0 saturated heterocycles. The Balaban J connectivity index is 1.84. The molecular formula is C18H22FN5. The van der Waals surface area contributed by atoms with Gasteiger partial charge in [-0.25, -0.2) is 9.37 Å². The van der Waals surface area contributed by atoms with Crippen LogP contribution >= 0.6 is 0 Å². The van der Waals surface area contributed by atoms with Crippen molar-refractivity contribution >= 4 is 11.5 Å². The predicted octanol–water partition coefficient (Wildman–Crippen LogP) is 3.15. The molecule has 1 N–H and O–H groups in total. The van der Waals surface area contributed by atoms with Crippen LogP contribution < -0.4 is 5.32 Å². The molecule has 2 aromatic heterocycles. The summed E-state index contributed by atoms with van der Waals surface area (Å²) in [7, 11) is 4.03. The summed E-state index contributed by atoms with van der Waals surface area (Å²) in [6.45, 7) is 2.76. The Morgan fingerprint density at radius 2 is 1.96 bits per heavy atom. The standard InChI is InChI=1S/C18H22FN5/c1-4-15-11-18(24-17(22-15)9-10-21-24)20-12-16(23(2)3)13-5-7-14(19)8-6-13/h5-11,16,20H,4,12H2,1-3H3. The third kappa shape index (κ3) is 3.38. The highest BCUT2D eigenvalue weighted by Crippen LogP contribution is 2.20. The van der Waals surface area contributed by atoms with Crippen molar-refractivity contribution in [3.8, 4) is 0 Å². The number of nitrogens with one attached hydrogen (secondary N) is 1. The van der Waals surface area contributed by atoms with Crippen molar-refractivity contribution in [1.29, 1.82) is 0 Å². The molecule has 0 radical (unpaired) electrons. The Morgan fingerprint density at radius 3 is 2.62 bits per heavy atom. The Kier molecular flexibility index (Phi) is 4.76. The summed E-state index contributed by atoms with van der Waals surface area (Å²) in [6, 6.07) is 10.7. The van der Waals surface area contributed by atoms with Gasteiger partial charge in [0.25, 0.3) is 0 Å². The molecule has 3 aromatic rings. The fourth-order valence-electron chi connectivity index (χ4n) is 2.76. The van der Waals surface area contributed by atoms with Gasteiger partial charge in [-0.1, -0.05) is 19.1 Å². The minimum absolute atomic E-state index is 0.120. The quantitative estimate of drug-likeness (QED) is 0.755. The molecule has 24 heavy (non-hydrogen) atoms. The van der Waals surface area contributed by atoms with Crippen LogP contribution in [0.4, 0.5) is 10.2 Å². The van der Waals surface area contributed by atoms with Gasteiger partial charge in [0.05, 0.1) is 12.2 Å². The smallest absolute Gasteiger partial charge is 0.157 e. The van der Waals surface area contributed by atoms with Crippen molar-refractivity contribution in [2.24, 2.45) is 0 Å². The lowest BCUT2D eigenvalue weighted by Crippen LogP contribution is -2.27. The van der Waals surface area contributed by atoms with E-state index < -0.39 is 0 Å². The van der Waals surface area contributed by atoms with Gasteiger partial charge in [0.15, 0.2) is 5.65 Å². The third-order valence-corrected chi connectivity index (χ3v) is 4.13. The van der Waals surface area contributed by atoms with Gasteiger partial charge in [0, 0.05) is 24.4 Å². The largest absolute Gasteiger partial charge is 0.368 e. The second-order valence-corrected chi connectivity index (χ2v) is 6.00. The van der Waals surface area contributed by atoms with Crippen LogP contribution in [0.25, 0.3) is 5.65 Å². The van der Waals surface area contributed by atoms with Gasteiger partial charge in [0.2, 0.25) is 0 Å². The van der Waals surface area contributed by atoms with Crippen LogP contribution in [0.2, 0.25) is 0 Å². The number of hydrogen-bond donors (Lipinski definition) is 1. The maximum Gasteiger partial charge on any atom is 0.157 e. The monoisotopic (exact) mass is 327 g/mol. The van der Waals surface area contributed by atoms with E-state index in [1.165, 1.54) is 12.1 Å². The number of anilines is 1. The first-order valence-electron chi connectivity index (χ1n) is 8.08. The fraction of sp³-hybridized carbons (Fsp3) is 0.333. The first-order valence-corrected chi connectivity index (χ1v) is 8.08. The summed E-state index contributed by atoms with van der Waals surface area (Å²) in [5.74, 6) is 0.694. The van der Waals surface area contributed by atoms with E-state index in [1.807, 2.05) is 38.4 Å². The van der Waals surface area contributed by atoms with Gasteiger partial charge in [-0.3, -0.25) is 0 Å². The molecule has 0 aliphatic carbocycles. The van der Waals surface area contributed by atoms with E-state index >= 15 is 0 Å². The van der Waals surface area contributed by atoms with Crippen molar-refractivity contribution in [1.82, 2.24) is 19.5 Å². The highest BCUT2D eigenvalue weighted by Gasteiger charge is 2.15. The number of fused-ring (bicyclic) bond motifs is 1. The summed E-state index contributed by atoms with van der Waals surface area (Å²) < 4.78 is 15.0. The van der Waals surface area contributed by atoms with Gasteiger partial charge in [-0.2, -0.15) is 9.61 Å². The molecule has 6 heteroatoms. The van der Waals surface area contributed by atoms with E-state index in [2.05, 4.69) is 27.2 Å². The zero-order valence-electron chi connectivity index (χ0n) is 14.2. The minimum Gasteiger partial charge on any atom is -0.368 e. The molecular weight excluding hydrogens is 305 g/mol. The van der Waals surface area contributed by atoms with Crippen LogP contribution in [0.5, 0.6) is 0 Å². The molecule has 1 atom stereocenters. The van der Waals surface area contributed by atoms with E-state index in [0.717, 1.165) is 29.1 Å². The maximum absolute atomic E-state index is 13.2. The molecule has 3 rings (SSSR count). The van der Waals surface area contributed by atoms with Gasteiger partial charge in [-0.15, -0.1) is 0 Å². The molecule has 5 nitrogen and oxygen atoms in total. The first-order chi connectivity index (χ1) is 11.6. The van der Waals surface area contributed by atoms with Crippen LogP contribution in [0.15, 0.2) is 42.6 Å². The lowest BCUT2D eigenvalue weighted by molar-refractivity contribution is 0.311. The normalized spacial score (nSPS) is 12.7. The Morgan fingerprint density at radius 1 is 1.21 bits per heavy atom. The lowest BCUT2D eigenvalue weighted by Gasteiger charge is -2.25. The molecule has 0 spiro atoms. The minimum atomic E-state index is -0.218. The van der Waals surface area contributed by atoms with E-state index in [9.17, 15) is 4.39 Å².